The summed E-state index contributed by atoms with van der Waals surface area (Å²) in [7, 11) is 0. The molecule has 0 aliphatic rings. The Labute approximate surface area is 52.9 Å². The molecule has 0 unspecified atom stereocenters. The predicted octanol–water partition coefficient (Wildman–Crippen LogP) is -1.70. The summed E-state index contributed by atoms with van der Waals surface area (Å²) in [6.45, 7) is -0.268. The monoisotopic (exact) mass is 126 g/mol. The van der Waals surface area contributed by atoms with Gasteiger partial charge in [-0.05, 0) is 17.8 Å². The highest BCUT2D eigenvalue weighted by Crippen LogP contribution is 1.64. The Morgan fingerprint density at radius 1 is 1.22 bits per heavy atom. The Kier molecular flexibility index (Phi) is 4.57. The molecule has 0 amide bonds. The van der Waals surface area contributed by atoms with Gasteiger partial charge in [0.2, 0.25) is 6.29 Å². The maximum atomic E-state index is 8.10. The lowest BCUT2D eigenvalue weighted by molar-refractivity contribution is 0.0108. The normalized spacial score (nSPS) is 7.11. The molecular weight excluding hydrogens is 120 g/mol. The van der Waals surface area contributed by atoms with Crippen LogP contribution in [0.1, 0.15) is 0 Å². The molecule has 9 heavy (non-hydrogen) atoms. The number of hydrogen-bond acceptors (Lipinski definition) is 3. The molecule has 0 rings (SSSR count). The van der Waals surface area contributed by atoms with Crippen molar-refractivity contribution in [1.82, 2.24) is 0 Å². The fourth-order valence-electron chi connectivity index (χ4n) is 0.184. The van der Waals surface area contributed by atoms with Crippen LogP contribution in [0.3, 0.4) is 0 Å². The first kappa shape index (κ1) is 8.00. The average molecular weight is 126 g/mol. The van der Waals surface area contributed by atoms with E-state index in [9.17, 15) is 0 Å². The van der Waals surface area contributed by atoms with E-state index in [1.165, 1.54) is 0 Å². The highest BCUT2D eigenvalue weighted by atomic mass is 16.5. The second kappa shape index (κ2) is 5.14. The molecule has 48 valence electrons. The quantitative estimate of drug-likeness (QED) is 0.268. The maximum Gasteiger partial charge on any atom is 0.218 e. The molecule has 0 saturated carbocycles. The van der Waals surface area contributed by atoms with E-state index in [2.05, 4.69) is 17.8 Å². The summed E-state index contributed by atoms with van der Waals surface area (Å²) in [6.07, 6.45) is -1.64. The molecule has 0 radical (unpaired) electrons. The topological polar surface area (TPSA) is 60.7 Å². The minimum absolute atomic E-state index is 0.268. The number of rotatable bonds is 0. The number of hydrogen-bond donors (Lipinski definition) is 3. The summed E-state index contributed by atoms with van der Waals surface area (Å²) in [5.74, 6) is 8.47. The maximum absolute atomic E-state index is 8.10. The van der Waals surface area contributed by atoms with Gasteiger partial charge in [0.05, 0.1) is 0 Å². The van der Waals surface area contributed by atoms with Crippen molar-refractivity contribution in [2.45, 2.75) is 6.29 Å². The molecule has 0 fully saturated rings. The molecule has 0 aromatic heterocycles. The highest BCUT2D eigenvalue weighted by Gasteiger charge is 1.80. The molecule has 3 nitrogen and oxygen atoms in total. The van der Waals surface area contributed by atoms with Crippen LogP contribution in [0.25, 0.3) is 0 Å². The van der Waals surface area contributed by atoms with Gasteiger partial charge < -0.3 is 15.3 Å². The van der Waals surface area contributed by atoms with E-state index in [1.54, 1.807) is 0 Å². The van der Waals surface area contributed by atoms with Gasteiger partial charge in [0.15, 0.2) is 0 Å². The Balaban J connectivity index is 3.61. The fourth-order valence-corrected chi connectivity index (χ4v) is 0.184. The van der Waals surface area contributed by atoms with E-state index in [0.29, 0.717) is 0 Å². The first-order chi connectivity index (χ1) is 4.27. The first-order valence-corrected chi connectivity index (χ1v) is 2.22. The minimum Gasteiger partial charge on any atom is -0.384 e. The lowest BCUT2D eigenvalue weighted by Gasteiger charge is -1.82. The molecule has 0 aromatic rings. The molecule has 0 saturated heterocycles. The van der Waals surface area contributed by atoms with Crippen molar-refractivity contribution in [2.24, 2.45) is 0 Å². The Bertz CT molecular complexity index is 174. The van der Waals surface area contributed by atoms with Gasteiger partial charge in [-0.3, -0.25) is 0 Å². The predicted molar refractivity (Wildman–Crippen MR) is 30.9 cm³/mol. The summed E-state index contributed by atoms with van der Waals surface area (Å²) < 4.78 is 0. The summed E-state index contributed by atoms with van der Waals surface area (Å²) in [5.41, 5.74) is 0. The van der Waals surface area contributed by atoms with Crippen LogP contribution in [0.5, 0.6) is 0 Å². The lowest BCUT2D eigenvalue weighted by Crippen LogP contribution is -1.97. The third-order valence-corrected chi connectivity index (χ3v) is 0.431. The van der Waals surface area contributed by atoms with Crippen LogP contribution in [0.4, 0.5) is 0 Å². The zero-order chi connectivity index (χ0) is 7.11. The second-order valence-corrected chi connectivity index (χ2v) is 1.10. The van der Waals surface area contributed by atoms with Crippen LogP contribution in [0.2, 0.25) is 0 Å². The van der Waals surface area contributed by atoms with Gasteiger partial charge in [0, 0.05) is 0 Å². The Morgan fingerprint density at radius 3 is 2.33 bits per heavy atom. The number of aliphatic hydroxyl groups excluding tert-OH is 2. The van der Waals surface area contributed by atoms with Crippen LogP contribution in [0.15, 0.2) is 0 Å². The largest absolute Gasteiger partial charge is 0.384 e. The van der Waals surface area contributed by atoms with Crippen LogP contribution < -0.4 is 0 Å². The second-order valence-electron chi connectivity index (χ2n) is 1.10. The molecule has 0 spiro atoms. The van der Waals surface area contributed by atoms with Crippen molar-refractivity contribution in [1.29, 1.82) is 0 Å². The molecule has 3 heteroatoms. The van der Waals surface area contributed by atoms with Gasteiger partial charge in [0.25, 0.3) is 0 Å². The lowest BCUT2D eigenvalue weighted by atomic mass is 10.5. The van der Waals surface area contributed by atoms with E-state index >= 15 is 0 Å². The van der Waals surface area contributed by atoms with Crippen LogP contribution >= 0.6 is 0 Å². The molecular formula is C6H6O3. The van der Waals surface area contributed by atoms with Gasteiger partial charge >= 0.3 is 0 Å². The Morgan fingerprint density at radius 2 is 1.89 bits per heavy atom. The molecule has 0 bridgehead atoms. The SMILES string of the molecule is OCC#CC#CC(O)O. The van der Waals surface area contributed by atoms with E-state index in [-0.39, 0.29) is 6.61 Å². The zero-order valence-corrected chi connectivity index (χ0v) is 4.63. The Hall–Kier alpha value is -1.00. The molecule has 0 heterocycles. The van der Waals surface area contributed by atoms with Crippen LogP contribution in [-0.4, -0.2) is 28.2 Å². The minimum atomic E-state index is -1.64. The molecule has 0 aliphatic carbocycles. The molecule has 3 N–H and O–H groups in total. The van der Waals surface area contributed by atoms with Crippen molar-refractivity contribution < 1.29 is 15.3 Å². The van der Waals surface area contributed by atoms with E-state index in [4.69, 9.17) is 15.3 Å². The van der Waals surface area contributed by atoms with Gasteiger partial charge in [-0.1, -0.05) is 5.92 Å². The number of aliphatic hydroxyl groups is 3. The molecule has 0 aromatic carbocycles. The summed E-state index contributed by atoms with van der Waals surface area (Å²) >= 11 is 0. The average Bonchev–Trinajstić information content (AvgIpc) is 1.80. The standard InChI is InChI=1S/C6H6O3/c7-5-3-1-2-4-6(8)9/h6-9H,5H2. The zero-order valence-electron chi connectivity index (χ0n) is 4.63. The van der Waals surface area contributed by atoms with Crippen molar-refractivity contribution in [3.8, 4) is 23.7 Å². The van der Waals surface area contributed by atoms with Crippen LogP contribution in [0, 0.1) is 23.7 Å². The van der Waals surface area contributed by atoms with Gasteiger partial charge in [-0.15, -0.1) is 0 Å². The molecule has 0 aliphatic heterocycles. The first-order valence-electron chi connectivity index (χ1n) is 2.22. The van der Waals surface area contributed by atoms with Gasteiger partial charge in [-0.2, -0.15) is 0 Å². The van der Waals surface area contributed by atoms with Crippen LogP contribution in [-0.2, 0) is 0 Å². The summed E-state index contributed by atoms with van der Waals surface area (Å²) in [5, 5.41) is 24.3. The molecule has 0 atom stereocenters. The highest BCUT2D eigenvalue weighted by molar-refractivity contribution is 5.26. The fraction of sp³-hybridized carbons (Fsp3) is 0.333. The van der Waals surface area contributed by atoms with Crippen molar-refractivity contribution >= 4 is 0 Å². The third kappa shape index (κ3) is 7.00. The third-order valence-electron chi connectivity index (χ3n) is 0.431. The van der Waals surface area contributed by atoms with Crippen molar-refractivity contribution in [3.05, 3.63) is 0 Å². The van der Waals surface area contributed by atoms with E-state index in [0.717, 1.165) is 0 Å². The summed E-state index contributed by atoms with van der Waals surface area (Å²) in [4.78, 5) is 0. The van der Waals surface area contributed by atoms with E-state index in [1.807, 2.05) is 5.92 Å². The van der Waals surface area contributed by atoms with Gasteiger partial charge in [-0.25, -0.2) is 0 Å². The van der Waals surface area contributed by atoms with Crippen molar-refractivity contribution in [3.63, 3.8) is 0 Å². The van der Waals surface area contributed by atoms with Crippen molar-refractivity contribution in [2.75, 3.05) is 6.61 Å². The summed E-state index contributed by atoms with van der Waals surface area (Å²) in [6, 6.07) is 0. The smallest absolute Gasteiger partial charge is 0.218 e. The van der Waals surface area contributed by atoms with Gasteiger partial charge in [0.1, 0.15) is 6.61 Å². The van der Waals surface area contributed by atoms with E-state index < -0.39 is 6.29 Å².